The molecule has 6 rings (SSSR count). The molecular weight excluding hydrogens is 535 g/mol. The summed E-state index contributed by atoms with van der Waals surface area (Å²) in [6.45, 7) is 0.386. The van der Waals surface area contributed by atoms with Crippen molar-refractivity contribution in [1.82, 2.24) is 24.8 Å². The highest BCUT2D eigenvalue weighted by molar-refractivity contribution is 5.89. The van der Waals surface area contributed by atoms with E-state index in [9.17, 15) is 23.1 Å². The van der Waals surface area contributed by atoms with E-state index in [0.717, 1.165) is 28.9 Å². The number of hydrogen-bond donors (Lipinski definition) is 1. The Hall–Kier alpha value is -4.15. The third-order valence-corrected chi connectivity index (χ3v) is 8.23. The smallest absolute Gasteiger partial charge is 0.391 e. The van der Waals surface area contributed by atoms with Crippen LogP contribution in [0.5, 0.6) is 5.75 Å². The molecule has 4 aromatic rings. The lowest BCUT2D eigenvalue weighted by atomic mass is 9.82. The fraction of sp³-hybridized carbons (Fsp3) is 0.400. The summed E-state index contributed by atoms with van der Waals surface area (Å²) in [5, 5.41) is 22.6. The van der Waals surface area contributed by atoms with E-state index in [1.807, 2.05) is 54.7 Å². The molecule has 0 bridgehead atoms. The SMILES string of the molecule is Cn1cc([C@@H]2C[C@H]2c2c(C(=O)O)cnn2-c2cccc(-c3cccc(OCC4CCC(C(F)(F)F)CC4)c3)c2)nn1. The summed E-state index contributed by atoms with van der Waals surface area (Å²) in [5.74, 6) is -1.42. The molecule has 214 valence electrons. The molecule has 2 aromatic carbocycles. The third kappa shape index (κ3) is 5.71. The van der Waals surface area contributed by atoms with Crippen LogP contribution in [0.4, 0.5) is 13.2 Å². The Morgan fingerprint density at radius 1 is 1.05 bits per heavy atom. The van der Waals surface area contributed by atoms with E-state index < -0.39 is 18.1 Å². The van der Waals surface area contributed by atoms with Crippen molar-refractivity contribution in [1.29, 1.82) is 0 Å². The zero-order chi connectivity index (χ0) is 28.7. The minimum absolute atomic E-state index is 0.0353. The van der Waals surface area contributed by atoms with Crippen LogP contribution < -0.4 is 4.74 Å². The molecule has 8 nitrogen and oxygen atoms in total. The number of aromatic carboxylic acids is 1. The molecule has 2 aliphatic rings. The van der Waals surface area contributed by atoms with Crippen LogP contribution in [0.3, 0.4) is 0 Å². The van der Waals surface area contributed by atoms with Gasteiger partial charge in [0, 0.05) is 25.1 Å². The van der Waals surface area contributed by atoms with Gasteiger partial charge in [-0.05, 0) is 73.4 Å². The fourth-order valence-electron chi connectivity index (χ4n) is 5.90. The molecule has 0 spiro atoms. The van der Waals surface area contributed by atoms with Crippen LogP contribution >= 0.6 is 0 Å². The van der Waals surface area contributed by atoms with Crippen LogP contribution in [0.25, 0.3) is 16.8 Å². The van der Waals surface area contributed by atoms with E-state index in [4.69, 9.17) is 4.74 Å². The lowest BCUT2D eigenvalue weighted by Crippen LogP contribution is -2.29. The first-order valence-corrected chi connectivity index (χ1v) is 13.7. The number of halogens is 3. The molecule has 11 heteroatoms. The van der Waals surface area contributed by atoms with Gasteiger partial charge in [0.25, 0.3) is 0 Å². The highest BCUT2D eigenvalue weighted by Gasteiger charge is 2.46. The van der Waals surface area contributed by atoms with E-state index in [0.29, 0.717) is 30.9 Å². The topological polar surface area (TPSA) is 95.1 Å². The van der Waals surface area contributed by atoms with Gasteiger partial charge in [-0.1, -0.05) is 29.5 Å². The maximum absolute atomic E-state index is 13.0. The highest BCUT2D eigenvalue weighted by Crippen LogP contribution is 2.55. The second kappa shape index (κ2) is 10.7. The Labute approximate surface area is 234 Å². The van der Waals surface area contributed by atoms with Crippen LogP contribution in [-0.2, 0) is 7.05 Å². The first-order chi connectivity index (χ1) is 19.7. The molecule has 2 atom stereocenters. The van der Waals surface area contributed by atoms with Gasteiger partial charge >= 0.3 is 12.1 Å². The van der Waals surface area contributed by atoms with Crippen LogP contribution in [0.2, 0.25) is 0 Å². The number of carboxylic acids is 1. The van der Waals surface area contributed by atoms with Gasteiger partial charge in [-0.15, -0.1) is 5.10 Å². The fourth-order valence-corrected chi connectivity index (χ4v) is 5.90. The molecule has 2 aliphatic carbocycles. The Morgan fingerprint density at radius 3 is 2.46 bits per heavy atom. The van der Waals surface area contributed by atoms with Gasteiger partial charge in [0.2, 0.25) is 0 Å². The van der Waals surface area contributed by atoms with E-state index >= 15 is 0 Å². The van der Waals surface area contributed by atoms with E-state index in [1.165, 1.54) is 6.20 Å². The van der Waals surface area contributed by atoms with Crippen molar-refractivity contribution in [2.75, 3.05) is 6.61 Å². The highest BCUT2D eigenvalue weighted by atomic mass is 19.4. The lowest BCUT2D eigenvalue weighted by Gasteiger charge is -2.29. The quantitative estimate of drug-likeness (QED) is 0.266. The molecule has 0 radical (unpaired) electrons. The molecular formula is C30H30F3N5O3. The monoisotopic (exact) mass is 565 g/mol. The first kappa shape index (κ1) is 27.0. The second-order valence-electron chi connectivity index (χ2n) is 11.1. The zero-order valence-corrected chi connectivity index (χ0v) is 22.5. The number of aromatic nitrogens is 5. The van der Waals surface area contributed by atoms with Gasteiger partial charge in [0.1, 0.15) is 11.3 Å². The minimum atomic E-state index is -4.11. The van der Waals surface area contributed by atoms with E-state index in [1.54, 1.807) is 16.4 Å². The largest absolute Gasteiger partial charge is 0.493 e. The van der Waals surface area contributed by atoms with Gasteiger partial charge in [0.05, 0.1) is 35.8 Å². The molecule has 2 aromatic heterocycles. The van der Waals surface area contributed by atoms with Gasteiger partial charge < -0.3 is 9.84 Å². The van der Waals surface area contributed by atoms with Crippen molar-refractivity contribution in [3.8, 4) is 22.6 Å². The molecule has 0 unspecified atom stereocenters. The summed E-state index contributed by atoms with van der Waals surface area (Å²) < 4.78 is 48.3. The molecule has 2 fully saturated rings. The second-order valence-corrected chi connectivity index (χ2v) is 11.1. The number of hydrogen-bond acceptors (Lipinski definition) is 5. The summed E-state index contributed by atoms with van der Waals surface area (Å²) in [6.07, 6.45) is 1.24. The zero-order valence-electron chi connectivity index (χ0n) is 22.5. The molecule has 0 aliphatic heterocycles. The number of aryl methyl sites for hydroxylation is 1. The Balaban J connectivity index is 1.19. The van der Waals surface area contributed by atoms with Gasteiger partial charge in [-0.3, -0.25) is 4.68 Å². The van der Waals surface area contributed by atoms with Crippen LogP contribution in [-0.4, -0.2) is 48.6 Å². The summed E-state index contributed by atoms with van der Waals surface area (Å²) in [6, 6.07) is 15.3. The Bertz CT molecular complexity index is 1550. The average Bonchev–Trinajstić information content (AvgIpc) is 3.40. The number of rotatable bonds is 8. The predicted octanol–water partition coefficient (Wildman–Crippen LogP) is 6.38. The van der Waals surface area contributed by atoms with Crippen LogP contribution in [0, 0.1) is 11.8 Å². The van der Waals surface area contributed by atoms with Crippen molar-refractivity contribution in [2.45, 2.75) is 50.1 Å². The third-order valence-electron chi connectivity index (χ3n) is 8.23. The van der Waals surface area contributed by atoms with Gasteiger partial charge in [-0.25, -0.2) is 9.48 Å². The Kier molecular flexibility index (Phi) is 7.04. The number of carboxylic acid groups (broad SMARTS) is 1. The normalized spacial score (nSPS) is 22.4. The summed E-state index contributed by atoms with van der Waals surface area (Å²) in [5.41, 5.74) is 4.19. The van der Waals surface area contributed by atoms with Crippen molar-refractivity contribution in [2.24, 2.45) is 18.9 Å². The van der Waals surface area contributed by atoms with Gasteiger partial charge in [0.15, 0.2) is 0 Å². The maximum atomic E-state index is 13.0. The molecule has 41 heavy (non-hydrogen) atoms. The number of alkyl halides is 3. The van der Waals surface area contributed by atoms with Crippen molar-refractivity contribution in [3.05, 3.63) is 77.9 Å². The van der Waals surface area contributed by atoms with Gasteiger partial charge in [-0.2, -0.15) is 18.3 Å². The molecule has 2 saturated carbocycles. The van der Waals surface area contributed by atoms with Crippen LogP contribution in [0.1, 0.15) is 65.7 Å². The van der Waals surface area contributed by atoms with Crippen LogP contribution in [0.15, 0.2) is 60.9 Å². The molecule has 1 N–H and O–H groups in total. The minimum Gasteiger partial charge on any atom is -0.493 e. The molecule has 2 heterocycles. The molecule has 0 saturated heterocycles. The summed E-state index contributed by atoms with van der Waals surface area (Å²) in [7, 11) is 1.80. The number of benzene rings is 2. The van der Waals surface area contributed by atoms with Crippen molar-refractivity contribution < 1.29 is 27.8 Å². The standard InChI is InChI=1S/C30H30F3N5O3/c1-37-16-27(35-36-37)24-14-25(24)28-26(29(39)40)15-34-38(28)22-6-2-4-19(12-22)20-5-3-7-23(13-20)41-17-18-8-10-21(11-9-18)30(31,32)33/h2-7,12-13,15-16,18,21,24-25H,8-11,14,17H2,1H3,(H,39,40)/t18?,21?,24-,25-/m1/s1. The lowest BCUT2D eigenvalue weighted by molar-refractivity contribution is -0.184. The van der Waals surface area contributed by atoms with E-state index in [2.05, 4.69) is 15.4 Å². The Morgan fingerprint density at radius 2 is 1.78 bits per heavy atom. The average molecular weight is 566 g/mol. The first-order valence-electron chi connectivity index (χ1n) is 13.7. The summed E-state index contributed by atoms with van der Waals surface area (Å²) in [4.78, 5) is 12.1. The maximum Gasteiger partial charge on any atom is 0.391 e. The number of nitrogens with zero attached hydrogens (tertiary/aromatic N) is 5. The molecule has 0 amide bonds. The number of ether oxygens (including phenoxy) is 1. The van der Waals surface area contributed by atoms with Crippen molar-refractivity contribution in [3.63, 3.8) is 0 Å². The number of carbonyl (C=O) groups is 1. The van der Waals surface area contributed by atoms with E-state index in [-0.39, 0.29) is 36.2 Å². The van der Waals surface area contributed by atoms with Crippen molar-refractivity contribution >= 4 is 5.97 Å². The predicted molar refractivity (Wildman–Crippen MR) is 144 cm³/mol. The summed E-state index contributed by atoms with van der Waals surface area (Å²) >= 11 is 0.